The standard InChI is InChI=1S/C54H41B8NOS2/c55-36-25-24-33(42-35-7-2-4-10-38(35)66-54(36)42)27-14-20-30(21-15-27)63(29-18-12-26(13-19-29)32-8-5-11-39-41(32)34-6-1-3-9-37(34)65-39)31-22-16-28(17-23-31)40-45(56)43-44-47(58)48(59)49(60)51(62)53(44)64-52(43)50(61)46(40)57/h1-25H,55-62H2. The Labute approximate surface area is 400 Å². The average molecular weight is 871 g/mol. The molecule has 0 unspecified atom stereocenters. The zero-order chi connectivity index (χ0) is 45.1. The van der Waals surface area contributed by atoms with Gasteiger partial charge in [0.25, 0.3) is 0 Å². The predicted molar refractivity (Wildman–Crippen MR) is 316 cm³/mol. The second-order valence-corrected chi connectivity index (χ2v) is 20.4. The van der Waals surface area contributed by atoms with Crippen LogP contribution in [0.1, 0.15) is 0 Å². The summed E-state index contributed by atoms with van der Waals surface area (Å²) < 4.78 is 12.1. The third-order valence-corrected chi connectivity index (χ3v) is 17.2. The normalized spacial score (nSPS) is 11.8. The van der Waals surface area contributed by atoms with Crippen LogP contribution in [-0.2, 0) is 0 Å². The molecule has 3 aromatic heterocycles. The van der Waals surface area contributed by atoms with Gasteiger partial charge >= 0.3 is 0 Å². The third-order valence-electron chi connectivity index (χ3n) is 14.8. The van der Waals surface area contributed by atoms with E-state index in [9.17, 15) is 0 Å². The molecule has 0 saturated carbocycles. The van der Waals surface area contributed by atoms with Crippen LogP contribution in [0.4, 0.5) is 17.1 Å². The first-order chi connectivity index (χ1) is 32.1. The van der Waals surface area contributed by atoms with Crippen molar-refractivity contribution in [3.05, 3.63) is 152 Å². The highest BCUT2D eigenvalue weighted by atomic mass is 32.1. The number of rotatable bonds is 6. The molecule has 0 saturated heterocycles. The molecule has 0 aliphatic carbocycles. The van der Waals surface area contributed by atoms with Gasteiger partial charge in [-0.05, 0) is 88.0 Å². The fraction of sp³-hybridized carbons (Fsp3) is 0. The first kappa shape index (κ1) is 41.0. The van der Waals surface area contributed by atoms with E-state index in [0.717, 1.165) is 28.2 Å². The first-order valence-electron chi connectivity index (χ1n) is 22.9. The molecule has 0 N–H and O–H groups in total. The fourth-order valence-corrected chi connectivity index (χ4v) is 13.1. The minimum atomic E-state index is 1.01. The van der Waals surface area contributed by atoms with Crippen molar-refractivity contribution < 1.29 is 4.42 Å². The van der Waals surface area contributed by atoms with Crippen molar-refractivity contribution >= 4 is 208 Å². The summed E-state index contributed by atoms with van der Waals surface area (Å²) in [5, 5.41) is 7.81. The van der Waals surface area contributed by atoms with Gasteiger partial charge in [-0.25, -0.2) is 0 Å². The SMILES string of the molecule is Bc1c(B)c(B)c2c(oc3c(B)c(B)c(-c4ccc(N(c5ccc(-c6cccc7sc8ccccc8c67)cc5)c5ccc(-c6ccc(B)c7sc8ccccc8c67)cc5)cc4)c(B)c32)c1B. The maximum Gasteiger partial charge on any atom is 0.143 e. The summed E-state index contributed by atoms with van der Waals surface area (Å²) in [7, 11) is 17.9. The van der Waals surface area contributed by atoms with E-state index in [0.29, 0.717) is 0 Å². The lowest BCUT2D eigenvalue weighted by Crippen LogP contribution is -2.47. The molecule has 12 heteroatoms. The van der Waals surface area contributed by atoms with Crippen LogP contribution in [0, 0.1) is 0 Å². The van der Waals surface area contributed by atoms with Crippen molar-refractivity contribution in [2.24, 2.45) is 0 Å². The summed E-state index contributed by atoms with van der Waals surface area (Å²) in [5.41, 5.74) is 23.1. The summed E-state index contributed by atoms with van der Waals surface area (Å²) in [4.78, 5) is 2.40. The summed E-state index contributed by atoms with van der Waals surface area (Å²) in [6, 6.07) is 56.5. The Hall–Kier alpha value is -6.46. The molecule has 0 bridgehead atoms. The van der Waals surface area contributed by atoms with Crippen LogP contribution in [-0.4, -0.2) is 62.8 Å². The Kier molecular flexibility index (Phi) is 9.68. The number of thiophene rings is 2. The van der Waals surface area contributed by atoms with Crippen LogP contribution in [0.2, 0.25) is 0 Å². The van der Waals surface area contributed by atoms with Crippen molar-refractivity contribution in [3.63, 3.8) is 0 Å². The maximum atomic E-state index is 6.78. The predicted octanol–water partition coefficient (Wildman–Crippen LogP) is 2.86. The summed E-state index contributed by atoms with van der Waals surface area (Å²) in [5.74, 6) is 0. The van der Waals surface area contributed by atoms with Gasteiger partial charge in [0.05, 0.1) is 0 Å². The molecule has 0 amide bonds. The molecule has 2 nitrogen and oxygen atoms in total. The molecule has 3 heterocycles. The van der Waals surface area contributed by atoms with Crippen LogP contribution in [0.5, 0.6) is 0 Å². The second kappa shape index (κ2) is 15.6. The minimum Gasteiger partial charge on any atom is -0.457 e. The van der Waals surface area contributed by atoms with Gasteiger partial charge in [0.1, 0.15) is 73.9 Å². The van der Waals surface area contributed by atoms with Crippen LogP contribution < -0.4 is 48.6 Å². The molecular formula is C54H41B8NOS2. The maximum absolute atomic E-state index is 6.78. The number of anilines is 3. The van der Waals surface area contributed by atoms with Gasteiger partial charge in [0.2, 0.25) is 0 Å². The average Bonchev–Trinajstić information content (AvgIpc) is 4.07. The number of furan rings is 1. The number of benzene rings is 9. The molecule has 0 aliphatic rings. The van der Waals surface area contributed by atoms with E-state index in [1.165, 1.54) is 128 Å². The Morgan fingerprint density at radius 2 is 0.833 bits per heavy atom. The van der Waals surface area contributed by atoms with Crippen molar-refractivity contribution in [1.82, 2.24) is 0 Å². The summed E-state index contributed by atoms with van der Waals surface area (Å²) >= 11 is 3.76. The lowest BCUT2D eigenvalue weighted by Gasteiger charge is -2.26. The molecule has 0 aliphatic heterocycles. The molecule has 0 atom stereocenters. The van der Waals surface area contributed by atoms with E-state index in [1.54, 1.807) is 0 Å². The van der Waals surface area contributed by atoms with Gasteiger partial charge < -0.3 is 9.32 Å². The Morgan fingerprint density at radius 3 is 1.45 bits per heavy atom. The molecule has 12 aromatic rings. The van der Waals surface area contributed by atoms with E-state index in [1.807, 2.05) is 22.7 Å². The van der Waals surface area contributed by atoms with Crippen LogP contribution >= 0.6 is 22.7 Å². The Morgan fingerprint density at radius 1 is 0.348 bits per heavy atom. The van der Waals surface area contributed by atoms with E-state index < -0.39 is 0 Å². The highest BCUT2D eigenvalue weighted by Gasteiger charge is 2.23. The topological polar surface area (TPSA) is 16.4 Å². The molecule has 304 valence electrons. The zero-order valence-corrected chi connectivity index (χ0v) is 40.2. The zero-order valence-electron chi connectivity index (χ0n) is 38.6. The van der Waals surface area contributed by atoms with Gasteiger partial charge in [0, 0.05) is 68.2 Å². The van der Waals surface area contributed by atoms with Crippen molar-refractivity contribution in [3.8, 4) is 33.4 Å². The second-order valence-electron chi connectivity index (χ2n) is 18.2. The lowest BCUT2D eigenvalue weighted by atomic mass is 9.64. The fourth-order valence-electron chi connectivity index (χ4n) is 10.8. The van der Waals surface area contributed by atoms with Gasteiger partial charge in [0.15, 0.2) is 0 Å². The number of fused-ring (bicyclic) bond motifs is 9. The highest BCUT2D eigenvalue weighted by Crippen LogP contribution is 2.43. The molecular weight excluding hydrogens is 829 g/mol. The van der Waals surface area contributed by atoms with Crippen LogP contribution in [0.15, 0.2) is 156 Å². The van der Waals surface area contributed by atoms with Crippen molar-refractivity contribution in [2.45, 2.75) is 0 Å². The largest absolute Gasteiger partial charge is 0.457 e. The Bertz CT molecular complexity index is 3970. The summed E-state index contributed by atoms with van der Waals surface area (Å²) in [6.45, 7) is 0. The van der Waals surface area contributed by atoms with Gasteiger partial charge in [-0.3, -0.25) is 0 Å². The van der Waals surface area contributed by atoms with E-state index in [4.69, 9.17) is 4.42 Å². The molecule has 12 rings (SSSR count). The quantitative estimate of drug-likeness (QED) is 0.240. The van der Waals surface area contributed by atoms with E-state index in [-0.39, 0.29) is 0 Å². The molecule has 9 aromatic carbocycles. The molecule has 0 spiro atoms. The number of hydrogen-bond donors (Lipinski definition) is 0. The van der Waals surface area contributed by atoms with E-state index >= 15 is 0 Å². The molecule has 0 fully saturated rings. The number of nitrogens with zero attached hydrogens (tertiary/aromatic N) is 1. The lowest BCUT2D eigenvalue weighted by molar-refractivity contribution is 0.675. The van der Waals surface area contributed by atoms with Gasteiger partial charge in [-0.1, -0.05) is 135 Å². The van der Waals surface area contributed by atoms with Gasteiger partial charge in [-0.2, -0.15) is 0 Å². The monoisotopic (exact) mass is 871 g/mol. The van der Waals surface area contributed by atoms with Crippen LogP contribution in [0.3, 0.4) is 0 Å². The van der Waals surface area contributed by atoms with Gasteiger partial charge in [-0.15, -0.1) is 28.1 Å². The minimum absolute atomic E-state index is 1.01. The van der Waals surface area contributed by atoms with E-state index in [2.05, 4.69) is 219 Å². The first-order valence-corrected chi connectivity index (χ1v) is 24.6. The third kappa shape index (κ3) is 6.18. The smallest absolute Gasteiger partial charge is 0.143 e. The van der Waals surface area contributed by atoms with Crippen molar-refractivity contribution in [1.29, 1.82) is 0 Å². The molecule has 0 radical (unpaired) electrons. The Balaban J connectivity index is 0.989. The van der Waals surface area contributed by atoms with Crippen LogP contribution in [0.25, 0.3) is 95.7 Å². The summed E-state index contributed by atoms with van der Waals surface area (Å²) in [6.07, 6.45) is 0. The van der Waals surface area contributed by atoms with Crippen molar-refractivity contribution in [2.75, 3.05) is 4.90 Å². The molecule has 66 heavy (non-hydrogen) atoms. The number of hydrogen-bond acceptors (Lipinski definition) is 4. The highest BCUT2D eigenvalue weighted by molar-refractivity contribution is 7.27.